The molecule has 0 unspecified atom stereocenters. The van der Waals surface area contributed by atoms with Crippen LogP contribution in [0.2, 0.25) is 0 Å². The molecule has 104 valence electrons. The molecule has 1 heterocycles. The van der Waals surface area contributed by atoms with Gasteiger partial charge >= 0.3 is 4.87 Å². The first-order chi connectivity index (χ1) is 9.36. The van der Waals surface area contributed by atoms with Gasteiger partial charge in [-0.1, -0.05) is 11.3 Å². The van der Waals surface area contributed by atoms with E-state index in [0.29, 0.717) is 28.3 Å². The highest BCUT2D eigenvalue weighted by atomic mass is 32.2. The van der Waals surface area contributed by atoms with Gasteiger partial charge in [-0.25, -0.2) is 8.42 Å². The molecule has 0 aliphatic carbocycles. The van der Waals surface area contributed by atoms with Gasteiger partial charge in [-0.15, -0.1) is 0 Å². The lowest BCUT2D eigenvalue weighted by Gasteiger charge is -2.18. The van der Waals surface area contributed by atoms with Gasteiger partial charge in [0.15, 0.2) is 4.21 Å². The summed E-state index contributed by atoms with van der Waals surface area (Å²) in [6, 6.07) is 8.12. The molecule has 0 fully saturated rings. The van der Waals surface area contributed by atoms with E-state index in [9.17, 15) is 13.2 Å². The molecule has 0 aliphatic heterocycles. The summed E-state index contributed by atoms with van der Waals surface area (Å²) in [6.07, 6.45) is 0. The minimum absolute atomic E-state index is 0.00522. The average molecular weight is 309 g/mol. The number of thiazole rings is 1. The van der Waals surface area contributed by atoms with Crippen LogP contribution in [0.3, 0.4) is 0 Å². The second-order valence-corrected chi connectivity index (χ2v) is 7.21. The summed E-state index contributed by atoms with van der Waals surface area (Å²) in [5, 5.41) is 8.73. The molecule has 2 rings (SSSR count). The van der Waals surface area contributed by atoms with Gasteiger partial charge in [0.1, 0.15) is 0 Å². The Morgan fingerprint density at radius 2 is 1.90 bits per heavy atom. The van der Waals surface area contributed by atoms with Crippen molar-refractivity contribution < 1.29 is 8.42 Å². The number of aryl methyl sites for hydroxylation is 1. The van der Waals surface area contributed by atoms with E-state index in [-0.39, 0.29) is 4.21 Å². The van der Waals surface area contributed by atoms with Gasteiger partial charge in [0.05, 0.1) is 17.3 Å². The lowest BCUT2D eigenvalue weighted by molar-refractivity contribution is 0.595. The molecule has 20 heavy (non-hydrogen) atoms. The van der Waals surface area contributed by atoms with Crippen molar-refractivity contribution in [2.75, 3.05) is 11.4 Å². The maximum Gasteiger partial charge on any atom is 0.306 e. The van der Waals surface area contributed by atoms with Crippen LogP contribution in [-0.2, 0) is 10.0 Å². The third kappa shape index (κ3) is 2.45. The van der Waals surface area contributed by atoms with Crippen LogP contribution in [0.4, 0.5) is 5.69 Å². The Balaban J connectivity index is 2.46. The largest absolute Gasteiger partial charge is 0.315 e. The van der Waals surface area contributed by atoms with Gasteiger partial charge < -0.3 is 4.98 Å². The SMILES string of the molecule is Cc1[nH]c(=O)sc1S(=O)(=O)N(C)c1ccc(C#N)cc1. The van der Waals surface area contributed by atoms with Crippen LogP contribution in [0.1, 0.15) is 11.3 Å². The van der Waals surface area contributed by atoms with Crippen molar-refractivity contribution in [1.82, 2.24) is 4.98 Å². The fourth-order valence-corrected chi connectivity index (χ4v) is 4.29. The molecule has 2 aromatic rings. The summed E-state index contributed by atoms with van der Waals surface area (Å²) in [4.78, 5) is 13.3. The second-order valence-electron chi connectivity index (χ2n) is 4.06. The van der Waals surface area contributed by atoms with Crippen molar-refractivity contribution in [3.8, 4) is 6.07 Å². The summed E-state index contributed by atoms with van der Waals surface area (Å²) in [5.74, 6) is 0. The van der Waals surface area contributed by atoms with Gasteiger partial charge in [0.2, 0.25) is 0 Å². The number of aromatic amines is 1. The number of H-pyrrole nitrogens is 1. The minimum Gasteiger partial charge on any atom is -0.315 e. The molecule has 0 aliphatic rings. The number of hydrogen-bond donors (Lipinski definition) is 1. The number of sulfonamides is 1. The zero-order valence-corrected chi connectivity index (χ0v) is 12.4. The zero-order chi connectivity index (χ0) is 14.9. The minimum atomic E-state index is -3.78. The van der Waals surface area contributed by atoms with E-state index >= 15 is 0 Å². The van der Waals surface area contributed by atoms with Gasteiger partial charge in [0, 0.05) is 12.7 Å². The molecule has 0 atom stereocenters. The van der Waals surface area contributed by atoms with Crippen molar-refractivity contribution in [3.05, 3.63) is 45.2 Å². The van der Waals surface area contributed by atoms with Crippen molar-refractivity contribution >= 4 is 27.0 Å². The maximum absolute atomic E-state index is 12.4. The van der Waals surface area contributed by atoms with Crippen LogP contribution >= 0.6 is 11.3 Å². The molecular weight excluding hydrogens is 298 g/mol. The van der Waals surface area contributed by atoms with Crippen molar-refractivity contribution in [2.45, 2.75) is 11.1 Å². The van der Waals surface area contributed by atoms with Crippen molar-refractivity contribution in [3.63, 3.8) is 0 Å². The molecule has 1 aromatic carbocycles. The van der Waals surface area contributed by atoms with E-state index in [4.69, 9.17) is 5.26 Å². The standard InChI is InChI=1S/C12H11N3O3S2/c1-8-11(19-12(16)14-8)20(17,18)15(2)10-5-3-9(7-13)4-6-10/h3-6H,1-2H3,(H,14,16). The van der Waals surface area contributed by atoms with E-state index in [1.807, 2.05) is 6.07 Å². The lowest BCUT2D eigenvalue weighted by Crippen LogP contribution is -2.26. The molecule has 0 spiro atoms. The number of nitrogens with one attached hydrogen (secondary N) is 1. The molecule has 1 N–H and O–H groups in total. The number of nitriles is 1. The van der Waals surface area contributed by atoms with Crippen LogP contribution in [0, 0.1) is 18.3 Å². The predicted molar refractivity (Wildman–Crippen MR) is 76.4 cm³/mol. The predicted octanol–water partition coefficient (Wildman–Crippen LogP) is 1.44. The van der Waals surface area contributed by atoms with E-state index in [0.717, 1.165) is 4.31 Å². The highest BCUT2D eigenvalue weighted by Crippen LogP contribution is 2.25. The monoisotopic (exact) mass is 309 g/mol. The quantitative estimate of drug-likeness (QED) is 0.928. The van der Waals surface area contributed by atoms with Gasteiger partial charge in [-0.3, -0.25) is 9.10 Å². The topological polar surface area (TPSA) is 94.0 Å². The van der Waals surface area contributed by atoms with Crippen LogP contribution in [0.15, 0.2) is 33.3 Å². The van der Waals surface area contributed by atoms with Gasteiger partial charge in [-0.2, -0.15) is 5.26 Å². The smallest absolute Gasteiger partial charge is 0.306 e. The Hall–Kier alpha value is -2.11. The summed E-state index contributed by atoms with van der Waals surface area (Å²) >= 11 is 0.659. The number of hydrogen-bond acceptors (Lipinski definition) is 5. The molecule has 0 bridgehead atoms. The molecular formula is C12H11N3O3S2. The van der Waals surface area contributed by atoms with E-state index < -0.39 is 14.9 Å². The molecule has 0 radical (unpaired) electrons. The number of aromatic nitrogens is 1. The summed E-state index contributed by atoms with van der Waals surface area (Å²) < 4.78 is 25.9. The number of benzene rings is 1. The van der Waals surface area contributed by atoms with Crippen LogP contribution in [-0.4, -0.2) is 20.4 Å². The molecule has 0 saturated carbocycles. The van der Waals surface area contributed by atoms with Gasteiger partial charge in [-0.05, 0) is 31.2 Å². The highest BCUT2D eigenvalue weighted by molar-refractivity contribution is 7.94. The van der Waals surface area contributed by atoms with Gasteiger partial charge in [0.25, 0.3) is 10.0 Å². The Morgan fingerprint density at radius 3 is 2.35 bits per heavy atom. The maximum atomic E-state index is 12.4. The van der Waals surface area contributed by atoms with E-state index in [1.165, 1.54) is 26.1 Å². The Kier molecular flexibility index (Phi) is 3.65. The summed E-state index contributed by atoms with van der Waals surface area (Å²) in [6.45, 7) is 1.54. The van der Waals surface area contributed by atoms with Crippen LogP contribution in [0.25, 0.3) is 0 Å². The Bertz CT molecular complexity index is 826. The first kappa shape index (κ1) is 14.3. The number of nitrogens with zero attached hydrogens (tertiary/aromatic N) is 2. The lowest BCUT2D eigenvalue weighted by atomic mass is 10.2. The Labute approximate surface area is 120 Å². The molecule has 1 aromatic heterocycles. The fraction of sp³-hybridized carbons (Fsp3) is 0.167. The molecule has 8 heteroatoms. The van der Waals surface area contributed by atoms with E-state index in [1.54, 1.807) is 12.1 Å². The van der Waals surface area contributed by atoms with Crippen LogP contribution < -0.4 is 9.18 Å². The van der Waals surface area contributed by atoms with Crippen molar-refractivity contribution in [1.29, 1.82) is 5.26 Å². The first-order valence-electron chi connectivity index (χ1n) is 5.55. The third-order valence-corrected chi connectivity index (χ3v) is 6.10. The summed E-state index contributed by atoms with van der Waals surface area (Å²) in [5.41, 5.74) is 1.19. The average Bonchev–Trinajstić information content (AvgIpc) is 2.77. The zero-order valence-electron chi connectivity index (χ0n) is 10.7. The normalized spacial score (nSPS) is 11.1. The number of anilines is 1. The molecule has 6 nitrogen and oxygen atoms in total. The summed E-state index contributed by atoms with van der Waals surface area (Å²) in [7, 11) is -2.38. The second kappa shape index (κ2) is 5.11. The van der Waals surface area contributed by atoms with E-state index in [2.05, 4.69) is 4.98 Å². The Morgan fingerprint density at radius 1 is 1.30 bits per heavy atom. The third-order valence-electron chi connectivity index (χ3n) is 2.74. The fourth-order valence-electron chi connectivity index (χ4n) is 1.65. The van der Waals surface area contributed by atoms with Crippen molar-refractivity contribution in [2.24, 2.45) is 0 Å². The highest BCUT2D eigenvalue weighted by Gasteiger charge is 2.26. The first-order valence-corrected chi connectivity index (χ1v) is 7.80. The molecule has 0 saturated heterocycles. The molecule has 0 amide bonds. The number of rotatable bonds is 3. The van der Waals surface area contributed by atoms with Crippen LogP contribution in [0.5, 0.6) is 0 Å².